The molecular formula is C17H26N2O2. The molecule has 4 nitrogen and oxygen atoms in total. The van der Waals surface area contributed by atoms with E-state index < -0.39 is 0 Å². The van der Waals surface area contributed by atoms with Gasteiger partial charge in [0.05, 0.1) is 13.2 Å². The Labute approximate surface area is 127 Å². The van der Waals surface area contributed by atoms with Crippen molar-refractivity contribution in [1.82, 2.24) is 10.2 Å². The summed E-state index contributed by atoms with van der Waals surface area (Å²) in [6.07, 6.45) is 3.56. The van der Waals surface area contributed by atoms with Gasteiger partial charge in [0, 0.05) is 13.0 Å². The third-order valence-electron chi connectivity index (χ3n) is 4.42. The minimum atomic E-state index is 0.755. The maximum Gasteiger partial charge on any atom is 0.161 e. The van der Waals surface area contributed by atoms with E-state index in [-0.39, 0.29) is 0 Å². The highest BCUT2D eigenvalue weighted by Crippen LogP contribution is 2.31. The number of benzene rings is 1. The highest BCUT2D eigenvalue weighted by molar-refractivity contribution is 5.43. The van der Waals surface area contributed by atoms with Gasteiger partial charge in [0.1, 0.15) is 0 Å². The summed E-state index contributed by atoms with van der Waals surface area (Å²) in [6, 6.07) is 6.39. The van der Waals surface area contributed by atoms with E-state index in [2.05, 4.69) is 28.4 Å². The molecule has 0 radical (unpaired) electrons. The van der Waals surface area contributed by atoms with Gasteiger partial charge in [-0.15, -0.1) is 0 Å². The molecule has 0 saturated carbocycles. The van der Waals surface area contributed by atoms with Crippen LogP contribution in [-0.4, -0.2) is 44.8 Å². The molecule has 3 rings (SSSR count). The molecule has 0 amide bonds. The number of hydrogen-bond donors (Lipinski definition) is 1. The predicted octanol–water partition coefficient (Wildman–Crippen LogP) is 2.28. The Morgan fingerprint density at radius 3 is 2.67 bits per heavy atom. The average Bonchev–Trinajstić information content (AvgIpc) is 2.74. The van der Waals surface area contributed by atoms with Gasteiger partial charge in [-0.3, -0.25) is 4.90 Å². The largest absolute Gasteiger partial charge is 0.490 e. The monoisotopic (exact) mass is 290 g/mol. The van der Waals surface area contributed by atoms with Crippen LogP contribution < -0.4 is 14.8 Å². The Bertz CT molecular complexity index is 456. The van der Waals surface area contributed by atoms with Crippen molar-refractivity contribution in [2.24, 2.45) is 5.92 Å². The SMILES string of the molecule is CNCC1CCN(Cc2ccc3c(c2)OCCCO3)CC1. The first kappa shape index (κ1) is 14.7. The Balaban J connectivity index is 1.57. The number of hydrogen-bond acceptors (Lipinski definition) is 4. The van der Waals surface area contributed by atoms with Crippen molar-refractivity contribution in [3.8, 4) is 11.5 Å². The molecule has 1 aromatic rings. The second-order valence-corrected chi connectivity index (χ2v) is 6.11. The Morgan fingerprint density at radius 1 is 1.14 bits per heavy atom. The van der Waals surface area contributed by atoms with Crippen LogP contribution in [0, 0.1) is 5.92 Å². The number of nitrogens with zero attached hydrogens (tertiary/aromatic N) is 1. The van der Waals surface area contributed by atoms with Crippen LogP contribution in [0.15, 0.2) is 18.2 Å². The molecule has 4 heteroatoms. The third kappa shape index (κ3) is 3.89. The number of piperidine rings is 1. The Hall–Kier alpha value is -1.26. The fourth-order valence-corrected chi connectivity index (χ4v) is 3.20. The molecule has 1 fully saturated rings. The second kappa shape index (κ2) is 7.14. The summed E-state index contributed by atoms with van der Waals surface area (Å²) < 4.78 is 11.5. The van der Waals surface area contributed by atoms with E-state index >= 15 is 0 Å². The summed E-state index contributed by atoms with van der Waals surface area (Å²) in [5, 5.41) is 3.29. The minimum Gasteiger partial charge on any atom is -0.490 e. The van der Waals surface area contributed by atoms with Crippen LogP contribution in [0.25, 0.3) is 0 Å². The highest BCUT2D eigenvalue weighted by Gasteiger charge is 2.19. The molecule has 0 aliphatic carbocycles. The third-order valence-corrected chi connectivity index (χ3v) is 4.42. The van der Waals surface area contributed by atoms with Crippen LogP contribution in [0.4, 0.5) is 0 Å². The lowest BCUT2D eigenvalue weighted by Crippen LogP contribution is -2.36. The molecule has 1 N–H and O–H groups in total. The average molecular weight is 290 g/mol. The summed E-state index contributed by atoms with van der Waals surface area (Å²) in [4.78, 5) is 2.55. The van der Waals surface area contributed by atoms with Crippen LogP contribution in [0.5, 0.6) is 11.5 Å². The van der Waals surface area contributed by atoms with Crippen LogP contribution in [0.1, 0.15) is 24.8 Å². The first-order valence-corrected chi connectivity index (χ1v) is 8.10. The molecule has 0 bridgehead atoms. The van der Waals surface area contributed by atoms with Crippen LogP contribution in [-0.2, 0) is 6.54 Å². The number of nitrogens with one attached hydrogen (secondary N) is 1. The van der Waals surface area contributed by atoms with Crippen LogP contribution >= 0.6 is 0 Å². The minimum absolute atomic E-state index is 0.755. The fourth-order valence-electron chi connectivity index (χ4n) is 3.20. The molecular weight excluding hydrogens is 264 g/mol. The van der Waals surface area contributed by atoms with E-state index in [1.165, 1.54) is 31.5 Å². The van der Waals surface area contributed by atoms with Crippen LogP contribution in [0.2, 0.25) is 0 Å². The summed E-state index contributed by atoms with van der Waals surface area (Å²) in [7, 11) is 2.05. The van der Waals surface area contributed by atoms with Gasteiger partial charge in [-0.05, 0) is 63.1 Å². The van der Waals surface area contributed by atoms with Gasteiger partial charge in [0.25, 0.3) is 0 Å². The van der Waals surface area contributed by atoms with E-state index in [0.29, 0.717) is 0 Å². The van der Waals surface area contributed by atoms with E-state index in [9.17, 15) is 0 Å². The molecule has 2 aliphatic heterocycles. The number of likely N-dealkylation sites (tertiary alicyclic amines) is 1. The normalized spacial score (nSPS) is 20.2. The van der Waals surface area contributed by atoms with Gasteiger partial charge in [0.2, 0.25) is 0 Å². The highest BCUT2D eigenvalue weighted by atomic mass is 16.5. The molecule has 1 aromatic carbocycles. The van der Waals surface area contributed by atoms with Crippen molar-refractivity contribution in [3.05, 3.63) is 23.8 Å². The molecule has 116 valence electrons. The molecule has 0 aromatic heterocycles. The van der Waals surface area contributed by atoms with Gasteiger partial charge < -0.3 is 14.8 Å². The topological polar surface area (TPSA) is 33.7 Å². The van der Waals surface area contributed by atoms with Crippen molar-refractivity contribution in [2.45, 2.75) is 25.8 Å². The molecule has 0 unspecified atom stereocenters. The zero-order valence-corrected chi connectivity index (χ0v) is 12.9. The summed E-state index contributed by atoms with van der Waals surface area (Å²) in [5.41, 5.74) is 1.33. The van der Waals surface area contributed by atoms with E-state index in [0.717, 1.165) is 50.1 Å². The lowest BCUT2D eigenvalue weighted by Gasteiger charge is -2.32. The lowest BCUT2D eigenvalue weighted by molar-refractivity contribution is 0.176. The molecule has 0 spiro atoms. The zero-order chi connectivity index (χ0) is 14.5. The van der Waals surface area contributed by atoms with Crippen LogP contribution in [0.3, 0.4) is 0 Å². The van der Waals surface area contributed by atoms with Gasteiger partial charge in [-0.2, -0.15) is 0 Å². The second-order valence-electron chi connectivity index (χ2n) is 6.11. The van der Waals surface area contributed by atoms with Gasteiger partial charge >= 0.3 is 0 Å². The maximum absolute atomic E-state index is 5.78. The van der Waals surface area contributed by atoms with E-state index in [4.69, 9.17) is 9.47 Å². The van der Waals surface area contributed by atoms with Crippen molar-refractivity contribution < 1.29 is 9.47 Å². The maximum atomic E-state index is 5.78. The Kier molecular flexibility index (Phi) is 4.99. The van der Waals surface area contributed by atoms with Crippen molar-refractivity contribution >= 4 is 0 Å². The Morgan fingerprint density at radius 2 is 1.90 bits per heavy atom. The predicted molar refractivity (Wildman–Crippen MR) is 84.0 cm³/mol. The van der Waals surface area contributed by atoms with Crippen molar-refractivity contribution in [1.29, 1.82) is 0 Å². The molecule has 2 heterocycles. The molecule has 21 heavy (non-hydrogen) atoms. The summed E-state index contributed by atoms with van der Waals surface area (Å²) in [6.45, 7) is 6.07. The molecule has 2 aliphatic rings. The fraction of sp³-hybridized carbons (Fsp3) is 0.647. The van der Waals surface area contributed by atoms with E-state index in [1.54, 1.807) is 0 Å². The zero-order valence-electron chi connectivity index (χ0n) is 12.9. The van der Waals surface area contributed by atoms with E-state index in [1.807, 2.05) is 7.05 Å². The smallest absolute Gasteiger partial charge is 0.161 e. The molecule has 1 saturated heterocycles. The first-order chi connectivity index (χ1) is 10.3. The van der Waals surface area contributed by atoms with Gasteiger partial charge in [0.15, 0.2) is 11.5 Å². The summed E-state index contributed by atoms with van der Waals surface area (Å²) >= 11 is 0. The lowest BCUT2D eigenvalue weighted by atomic mass is 9.96. The van der Waals surface area contributed by atoms with Crippen molar-refractivity contribution in [2.75, 3.05) is 39.9 Å². The number of rotatable bonds is 4. The quantitative estimate of drug-likeness (QED) is 0.922. The number of fused-ring (bicyclic) bond motifs is 1. The van der Waals surface area contributed by atoms with Gasteiger partial charge in [-0.25, -0.2) is 0 Å². The molecule has 0 atom stereocenters. The number of ether oxygens (including phenoxy) is 2. The van der Waals surface area contributed by atoms with Crippen molar-refractivity contribution in [3.63, 3.8) is 0 Å². The van der Waals surface area contributed by atoms with Gasteiger partial charge in [-0.1, -0.05) is 6.07 Å². The summed E-state index contributed by atoms with van der Waals surface area (Å²) in [5.74, 6) is 2.65. The first-order valence-electron chi connectivity index (χ1n) is 8.10. The standard InChI is InChI=1S/C17H26N2O2/c1-18-12-14-5-7-19(8-6-14)13-15-3-4-16-17(11-15)21-10-2-9-20-16/h3-4,11,14,18H,2,5-10,12-13H2,1H3.